The van der Waals surface area contributed by atoms with E-state index in [1.165, 1.54) is 5.56 Å². The van der Waals surface area contributed by atoms with Gasteiger partial charge in [0, 0.05) is 13.6 Å². The molecule has 0 heterocycles. The number of benzene rings is 1. The van der Waals surface area contributed by atoms with E-state index in [1.54, 1.807) is 25.8 Å². The van der Waals surface area contributed by atoms with Crippen LogP contribution in [0.4, 0.5) is 0 Å². The van der Waals surface area contributed by atoms with Gasteiger partial charge in [-0.3, -0.25) is 4.79 Å². The predicted octanol–water partition coefficient (Wildman–Crippen LogP) is 2.90. The molecule has 1 atom stereocenters. The zero-order valence-electron chi connectivity index (χ0n) is 12.7. The van der Waals surface area contributed by atoms with E-state index in [2.05, 4.69) is 38.1 Å². The molecule has 3 nitrogen and oxygen atoms in total. The van der Waals surface area contributed by atoms with Crippen LogP contribution >= 0.6 is 0 Å². The molecule has 0 aliphatic heterocycles. The Hall–Kier alpha value is -1.35. The van der Waals surface area contributed by atoms with Crippen LogP contribution in [-0.4, -0.2) is 23.4 Å². The van der Waals surface area contributed by atoms with Crippen molar-refractivity contribution >= 4 is 5.91 Å². The van der Waals surface area contributed by atoms with Crippen molar-refractivity contribution in [2.24, 2.45) is 5.73 Å². The summed E-state index contributed by atoms with van der Waals surface area (Å²) in [5.74, 6) is 0.537. The van der Waals surface area contributed by atoms with Gasteiger partial charge in [0.05, 0.1) is 5.54 Å². The van der Waals surface area contributed by atoms with Crippen molar-refractivity contribution in [2.75, 3.05) is 7.05 Å². The Labute approximate surface area is 116 Å². The fraction of sp³-hybridized carbons (Fsp3) is 0.562. The fourth-order valence-corrected chi connectivity index (χ4v) is 2.02. The number of likely N-dealkylation sites (N-methyl/N-ethyl adjacent to an activating group) is 1. The van der Waals surface area contributed by atoms with Crippen molar-refractivity contribution in [3.05, 3.63) is 35.4 Å². The third kappa shape index (κ3) is 4.35. The number of nitrogens with zero attached hydrogens (tertiary/aromatic N) is 1. The van der Waals surface area contributed by atoms with Gasteiger partial charge < -0.3 is 10.6 Å². The van der Waals surface area contributed by atoms with Gasteiger partial charge in [-0.05, 0) is 37.3 Å². The molecule has 0 saturated heterocycles. The number of nitrogens with two attached hydrogens (primary N) is 1. The second-order valence-electron chi connectivity index (χ2n) is 5.93. The Morgan fingerprint density at radius 1 is 1.32 bits per heavy atom. The number of hydrogen-bond donors (Lipinski definition) is 1. The maximum atomic E-state index is 12.0. The van der Waals surface area contributed by atoms with Crippen LogP contribution in [0.25, 0.3) is 0 Å². The van der Waals surface area contributed by atoms with E-state index in [4.69, 9.17) is 5.73 Å². The summed E-state index contributed by atoms with van der Waals surface area (Å²) in [7, 11) is 1.79. The molecule has 0 aliphatic carbocycles. The third-order valence-electron chi connectivity index (χ3n) is 3.48. The van der Waals surface area contributed by atoms with Gasteiger partial charge in [-0.25, -0.2) is 0 Å². The minimum absolute atomic E-state index is 0.0431. The first-order valence-corrected chi connectivity index (χ1v) is 6.89. The van der Waals surface area contributed by atoms with Crippen molar-refractivity contribution in [1.82, 2.24) is 4.90 Å². The number of amides is 1. The van der Waals surface area contributed by atoms with Crippen molar-refractivity contribution < 1.29 is 4.79 Å². The summed E-state index contributed by atoms with van der Waals surface area (Å²) < 4.78 is 0. The van der Waals surface area contributed by atoms with Gasteiger partial charge in [-0.2, -0.15) is 0 Å². The Bertz CT molecular complexity index is 417. The standard InChI is InChI=1S/C16H26N2O/c1-6-12(2)14-9-7-13(8-10-14)11-18(5)15(19)16(3,4)17/h7-10,12H,6,11,17H2,1-5H3. The highest BCUT2D eigenvalue weighted by Crippen LogP contribution is 2.19. The Kier molecular flexibility index (Phi) is 5.12. The molecule has 0 bridgehead atoms. The van der Waals surface area contributed by atoms with E-state index in [0.717, 1.165) is 12.0 Å². The Morgan fingerprint density at radius 3 is 2.26 bits per heavy atom. The lowest BCUT2D eigenvalue weighted by Crippen LogP contribution is -2.49. The van der Waals surface area contributed by atoms with Crippen molar-refractivity contribution in [1.29, 1.82) is 0 Å². The van der Waals surface area contributed by atoms with Crippen LogP contribution < -0.4 is 5.73 Å². The Balaban J connectivity index is 2.71. The van der Waals surface area contributed by atoms with Gasteiger partial charge in [-0.15, -0.1) is 0 Å². The Morgan fingerprint density at radius 2 is 1.84 bits per heavy atom. The molecular weight excluding hydrogens is 236 g/mol. The van der Waals surface area contributed by atoms with Gasteiger partial charge >= 0.3 is 0 Å². The van der Waals surface area contributed by atoms with E-state index >= 15 is 0 Å². The van der Waals surface area contributed by atoms with Crippen LogP contribution in [0.3, 0.4) is 0 Å². The first-order chi connectivity index (χ1) is 8.75. The largest absolute Gasteiger partial charge is 0.340 e. The fourth-order valence-electron chi connectivity index (χ4n) is 2.02. The van der Waals surface area contributed by atoms with Crippen LogP contribution in [0.5, 0.6) is 0 Å². The van der Waals surface area contributed by atoms with Crippen LogP contribution in [-0.2, 0) is 11.3 Å². The van der Waals surface area contributed by atoms with Gasteiger partial charge in [0.15, 0.2) is 0 Å². The smallest absolute Gasteiger partial charge is 0.242 e. The summed E-state index contributed by atoms with van der Waals surface area (Å²) in [4.78, 5) is 13.7. The molecule has 0 aromatic heterocycles. The zero-order valence-corrected chi connectivity index (χ0v) is 12.7. The van der Waals surface area contributed by atoms with Crippen LogP contribution in [0.15, 0.2) is 24.3 Å². The summed E-state index contributed by atoms with van der Waals surface area (Å²) in [6.45, 7) is 8.48. The van der Waals surface area contributed by atoms with Gasteiger partial charge in [0.2, 0.25) is 5.91 Å². The lowest BCUT2D eigenvalue weighted by atomic mass is 9.97. The summed E-state index contributed by atoms with van der Waals surface area (Å²) >= 11 is 0. The molecule has 19 heavy (non-hydrogen) atoms. The van der Waals surface area contributed by atoms with E-state index in [-0.39, 0.29) is 5.91 Å². The van der Waals surface area contributed by atoms with Gasteiger partial charge in [0.25, 0.3) is 0 Å². The monoisotopic (exact) mass is 262 g/mol. The second-order valence-corrected chi connectivity index (χ2v) is 5.93. The van der Waals surface area contributed by atoms with Crippen LogP contribution in [0, 0.1) is 0 Å². The molecule has 3 heteroatoms. The lowest BCUT2D eigenvalue weighted by Gasteiger charge is -2.26. The number of carbonyl (C=O) groups is 1. The van der Waals surface area contributed by atoms with Crippen molar-refractivity contribution in [3.8, 4) is 0 Å². The predicted molar refractivity (Wildman–Crippen MR) is 79.9 cm³/mol. The summed E-state index contributed by atoms with van der Waals surface area (Å²) in [6.07, 6.45) is 1.14. The zero-order chi connectivity index (χ0) is 14.6. The molecule has 1 rings (SSSR count). The highest BCUT2D eigenvalue weighted by atomic mass is 16.2. The molecular formula is C16H26N2O. The van der Waals surface area contributed by atoms with E-state index in [1.807, 2.05) is 0 Å². The summed E-state index contributed by atoms with van der Waals surface area (Å²) in [5, 5.41) is 0. The lowest BCUT2D eigenvalue weighted by molar-refractivity contribution is -0.134. The minimum atomic E-state index is -0.814. The molecule has 1 aromatic rings. The van der Waals surface area contributed by atoms with E-state index in [0.29, 0.717) is 12.5 Å². The summed E-state index contributed by atoms with van der Waals surface area (Å²) in [6, 6.07) is 8.48. The van der Waals surface area contributed by atoms with Crippen LogP contribution in [0.2, 0.25) is 0 Å². The molecule has 1 aromatic carbocycles. The molecule has 0 saturated carbocycles. The highest BCUT2D eigenvalue weighted by Gasteiger charge is 2.25. The molecule has 2 N–H and O–H groups in total. The average Bonchev–Trinajstić information content (AvgIpc) is 2.36. The first-order valence-electron chi connectivity index (χ1n) is 6.89. The van der Waals surface area contributed by atoms with Crippen LogP contribution in [0.1, 0.15) is 51.2 Å². The third-order valence-corrected chi connectivity index (χ3v) is 3.48. The number of carbonyl (C=O) groups excluding carboxylic acids is 1. The summed E-state index contributed by atoms with van der Waals surface area (Å²) in [5.41, 5.74) is 7.49. The van der Waals surface area contributed by atoms with Gasteiger partial charge in [-0.1, -0.05) is 38.1 Å². The molecule has 0 aliphatic rings. The van der Waals surface area contributed by atoms with E-state index in [9.17, 15) is 4.79 Å². The van der Waals surface area contributed by atoms with E-state index < -0.39 is 5.54 Å². The minimum Gasteiger partial charge on any atom is -0.340 e. The highest BCUT2D eigenvalue weighted by molar-refractivity contribution is 5.84. The number of rotatable bonds is 5. The number of hydrogen-bond acceptors (Lipinski definition) is 2. The molecule has 1 amide bonds. The van der Waals surface area contributed by atoms with Crippen molar-refractivity contribution in [2.45, 2.75) is 52.1 Å². The topological polar surface area (TPSA) is 46.3 Å². The maximum Gasteiger partial charge on any atom is 0.242 e. The molecule has 106 valence electrons. The quantitative estimate of drug-likeness (QED) is 0.887. The first kappa shape index (κ1) is 15.7. The molecule has 0 radical (unpaired) electrons. The van der Waals surface area contributed by atoms with Crippen molar-refractivity contribution in [3.63, 3.8) is 0 Å². The maximum absolute atomic E-state index is 12.0. The average molecular weight is 262 g/mol. The molecule has 0 fully saturated rings. The molecule has 1 unspecified atom stereocenters. The second kappa shape index (κ2) is 6.20. The SMILES string of the molecule is CCC(C)c1ccc(CN(C)C(=O)C(C)(C)N)cc1. The van der Waals surface area contributed by atoms with Gasteiger partial charge in [0.1, 0.15) is 0 Å². The molecule has 0 spiro atoms. The normalized spacial score (nSPS) is 13.2.